The lowest BCUT2D eigenvalue weighted by Crippen LogP contribution is -2.37. The Labute approximate surface area is 109 Å². The molecule has 0 bridgehead atoms. The third-order valence-electron chi connectivity index (χ3n) is 3.38. The number of aliphatic hydroxyl groups is 1. The second kappa shape index (κ2) is 5.16. The number of β-amino-alcohol motifs (C(OH)–C–C–N with tert-alkyl or cyclic N) is 1. The third-order valence-corrected chi connectivity index (χ3v) is 3.38. The number of benzene rings is 1. The predicted octanol–water partition coefficient (Wildman–Crippen LogP) is 1.08. The Balaban J connectivity index is 2.23. The first-order valence-corrected chi connectivity index (χ1v) is 6.42. The Morgan fingerprint density at radius 3 is 2.72 bits per heavy atom. The van der Waals surface area contributed by atoms with Crippen LogP contribution < -0.4 is 10.6 Å². The van der Waals surface area contributed by atoms with Crippen LogP contribution in [0.4, 0.5) is 11.4 Å². The quantitative estimate of drug-likeness (QED) is 0.787. The van der Waals surface area contributed by atoms with Gasteiger partial charge in [0.1, 0.15) is 0 Å². The van der Waals surface area contributed by atoms with E-state index < -0.39 is 0 Å². The van der Waals surface area contributed by atoms with Crippen molar-refractivity contribution in [2.24, 2.45) is 0 Å². The van der Waals surface area contributed by atoms with Crippen molar-refractivity contribution in [1.82, 2.24) is 4.90 Å². The lowest BCUT2D eigenvalue weighted by molar-refractivity contribution is 0.191. The van der Waals surface area contributed by atoms with Gasteiger partial charge in [-0.2, -0.15) is 0 Å². The number of likely N-dealkylation sites (N-methyl/N-ethyl adjacent to an activating group) is 1. The Morgan fingerprint density at radius 1 is 1.39 bits per heavy atom. The Morgan fingerprint density at radius 2 is 2.11 bits per heavy atom. The van der Waals surface area contributed by atoms with Crippen LogP contribution in [-0.4, -0.2) is 49.3 Å². The highest BCUT2D eigenvalue weighted by molar-refractivity contribution is 5.59. The number of aryl methyl sites for hydroxylation is 1. The summed E-state index contributed by atoms with van der Waals surface area (Å²) in [5.74, 6) is 0. The third kappa shape index (κ3) is 2.94. The van der Waals surface area contributed by atoms with Crippen molar-refractivity contribution in [2.75, 3.05) is 37.8 Å². The molecule has 0 radical (unpaired) electrons. The number of nitrogens with two attached hydrogens (primary N) is 1. The summed E-state index contributed by atoms with van der Waals surface area (Å²) >= 11 is 0. The maximum atomic E-state index is 9.89. The van der Waals surface area contributed by atoms with Crippen LogP contribution in [0, 0.1) is 6.92 Å². The molecule has 100 valence electrons. The van der Waals surface area contributed by atoms with Crippen LogP contribution in [0.5, 0.6) is 0 Å². The van der Waals surface area contributed by atoms with Gasteiger partial charge < -0.3 is 20.6 Å². The Kier molecular flexibility index (Phi) is 3.78. The average molecular weight is 249 g/mol. The number of nitrogens with zero attached hydrogens (tertiary/aromatic N) is 2. The molecule has 0 amide bonds. The van der Waals surface area contributed by atoms with Gasteiger partial charge in [-0.05, 0) is 51.2 Å². The zero-order chi connectivity index (χ0) is 13.3. The van der Waals surface area contributed by atoms with Crippen LogP contribution in [-0.2, 0) is 0 Å². The Hall–Kier alpha value is -1.26. The normalized spacial score (nSPS) is 23.9. The van der Waals surface area contributed by atoms with Crippen LogP contribution in [0.1, 0.15) is 12.0 Å². The lowest BCUT2D eigenvalue weighted by atomic mass is 10.1. The first-order valence-electron chi connectivity index (χ1n) is 6.42. The Bertz CT molecular complexity index is 399. The van der Waals surface area contributed by atoms with Crippen molar-refractivity contribution in [1.29, 1.82) is 0 Å². The number of rotatable bonds is 3. The number of nitrogen functional groups attached to an aromatic ring is 1. The molecule has 0 spiro atoms. The number of hydrogen-bond acceptors (Lipinski definition) is 4. The summed E-state index contributed by atoms with van der Waals surface area (Å²) in [4.78, 5) is 4.43. The van der Waals surface area contributed by atoms with E-state index in [1.54, 1.807) is 0 Å². The van der Waals surface area contributed by atoms with Crippen molar-refractivity contribution in [3.8, 4) is 0 Å². The lowest BCUT2D eigenvalue weighted by Gasteiger charge is -2.29. The van der Waals surface area contributed by atoms with E-state index in [1.165, 1.54) is 0 Å². The monoisotopic (exact) mass is 249 g/mol. The molecule has 2 unspecified atom stereocenters. The standard InChI is InChI=1S/C14H23N3O/c1-10-4-11(15)6-12(5-10)17-9-14(18)7-13(17)8-16(2)3/h4-6,13-14,18H,7-9,15H2,1-3H3. The highest BCUT2D eigenvalue weighted by Crippen LogP contribution is 2.28. The molecule has 1 aliphatic rings. The van der Waals surface area contributed by atoms with Gasteiger partial charge in [-0.3, -0.25) is 0 Å². The van der Waals surface area contributed by atoms with E-state index in [4.69, 9.17) is 5.73 Å². The molecule has 1 heterocycles. The predicted molar refractivity (Wildman–Crippen MR) is 75.9 cm³/mol. The van der Waals surface area contributed by atoms with Crippen molar-refractivity contribution >= 4 is 11.4 Å². The molecule has 0 aliphatic carbocycles. The summed E-state index contributed by atoms with van der Waals surface area (Å²) in [6.45, 7) is 3.69. The molecule has 2 atom stereocenters. The van der Waals surface area contributed by atoms with E-state index >= 15 is 0 Å². The van der Waals surface area contributed by atoms with Gasteiger partial charge in [0.25, 0.3) is 0 Å². The number of aliphatic hydroxyl groups excluding tert-OH is 1. The zero-order valence-corrected chi connectivity index (χ0v) is 11.4. The van der Waals surface area contributed by atoms with E-state index in [0.717, 1.165) is 29.9 Å². The van der Waals surface area contributed by atoms with Gasteiger partial charge in [-0.15, -0.1) is 0 Å². The van der Waals surface area contributed by atoms with Gasteiger partial charge in [-0.1, -0.05) is 0 Å². The van der Waals surface area contributed by atoms with Crippen molar-refractivity contribution in [2.45, 2.75) is 25.5 Å². The van der Waals surface area contributed by atoms with Crippen molar-refractivity contribution < 1.29 is 5.11 Å². The fourth-order valence-electron chi connectivity index (χ4n) is 2.76. The molecule has 18 heavy (non-hydrogen) atoms. The average Bonchev–Trinajstić information content (AvgIpc) is 2.56. The summed E-state index contributed by atoms with van der Waals surface area (Å²) in [5, 5.41) is 9.89. The summed E-state index contributed by atoms with van der Waals surface area (Å²) in [6.07, 6.45) is 0.586. The van der Waals surface area contributed by atoms with Crippen LogP contribution in [0.25, 0.3) is 0 Å². The number of anilines is 2. The van der Waals surface area contributed by atoms with Gasteiger partial charge in [0.2, 0.25) is 0 Å². The van der Waals surface area contributed by atoms with E-state index in [1.807, 2.05) is 19.1 Å². The van der Waals surface area contributed by atoms with Gasteiger partial charge in [0, 0.05) is 30.5 Å². The molecule has 1 fully saturated rings. The first kappa shape index (κ1) is 13.2. The fraction of sp³-hybridized carbons (Fsp3) is 0.571. The molecule has 0 saturated carbocycles. The maximum absolute atomic E-state index is 9.89. The van der Waals surface area contributed by atoms with Gasteiger partial charge in [0.05, 0.1) is 6.10 Å². The minimum Gasteiger partial charge on any atom is -0.399 e. The van der Waals surface area contributed by atoms with E-state index in [0.29, 0.717) is 12.6 Å². The number of hydrogen-bond donors (Lipinski definition) is 2. The molecule has 2 rings (SSSR count). The highest BCUT2D eigenvalue weighted by Gasteiger charge is 2.31. The molecular weight excluding hydrogens is 226 g/mol. The maximum Gasteiger partial charge on any atom is 0.0735 e. The molecule has 3 N–H and O–H groups in total. The molecule has 1 aliphatic heterocycles. The summed E-state index contributed by atoms with van der Waals surface area (Å²) in [6, 6.07) is 6.46. The molecule has 0 aromatic heterocycles. The second-order valence-electron chi connectivity index (χ2n) is 5.56. The van der Waals surface area contributed by atoms with Crippen LogP contribution >= 0.6 is 0 Å². The molecule has 1 aromatic rings. The van der Waals surface area contributed by atoms with Gasteiger partial charge in [0.15, 0.2) is 0 Å². The van der Waals surface area contributed by atoms with Gasteiger partial charge in [-0.25, -0.2) is 0 Å². The molecule has 1 aromatic carbocycles. The van der Waals surface area contributed by atoms with Crippen LogP contribution in [0.15, 0.2) is 18.2 Å². The zero-order valence-electron chi connectivity index (χ0n) is 11.4. The van der Waals surface area contributed by atoms with E-state index in [-0.39, 0.29) is 6.10 Å². The van der Waals surface area contributed by atoms with Gasteiger partial charge >= 0.3 is 0 Å². The largest absolute Gasteiger partial charge is 0.399 e. The summed E-state index contributed by atoms with van der Waals surface area (Å²) in [7, 11) is 4.13. The van der Waals surface area contributed by atoms with Crippen molar-refractivity contribution in [3.63, 3.8) is 0 Å². The summed E-state index contributed by atoms with van der Waals surface area (Å²) < 4.78 is 0. The molecule has 4 heteroatoms. The second-order valence-corrected chi connectivity index (χ2v) is 5.56. The topological polar surface area (TPSA) is 52.7 Å². The molecule has 4 nitrogen and oxygen atoms in total. The van der Waals surface area contributed by atoms with Crippen LogP contribution in [0.2, 0.25) is 0 Å². The molecular formula is C14H23N3O. The summed E-state index contributed by atoms with van der Waals surface area (Å²) in [5.41, 5.74) is 8.98. The highest BCUT2D eigenvalue weighted by atomic mass is 16.3. The SMILES string of the molecule is Cc1cc(N)cc(N2CC(O)CC2CN(C)C)c1. The smallest absolute Gasteiger partial charge is 0.0735 e. The fourth-order valence-corrected chi connectivity index (χ4v) is 2.76. The minimum atomic E-state index is -0.239. The minimum absolute atomic E-state index is 0.239. The van der Waals surface area contributed by atoms with Crippen LogP contribution in [0.3, 0.4) is 0 Å². The van der Waals surface area contributed by atoms with E-state index in [9.17, 15) is 5.11 Å². The van der Waals surface area contributed by atoms with E-state index in [2.05, 4.69) is 30.0 Å². The first-order chi connectivity index (χ1) is 8.45. The molecule has 1 saturated heterocycles. The van der Waals surface area contributed by atoms with Crippen molar-refractivity contribution in [3.05, 3.63) is 23.8 Å².